The molecule has 0 atom stereocenters. The number of carbonyl (C=O) groups is 2. The molecule has 4 aromatic rings. The van der Waals surface area contributed by atoms with Gasteiger partial charge in [0.25, 0.3) is 11.8 Å². The summed E-state index contributed by atoms with van der Waals surface area (Å²) in [4.78, 5) is 25.4. The Balaban J connectivity index is 1.60. The zero-order valence-electron chi connectivity index (χ0n) is 15.2. The molecule has 0 saturated carbocycles. The molecule has 6 nitrogen and oxygen atoms in total. The number of hydrogen-bond acceptors (Lipinski definition) is 5. The van der Waals surface area contributed by atoms with Crippen molar-refractivity contribution in [2.75, 3.05) is 17.7 Å². The number of anilines is 2. The Bertz CT molecular complexity index is 1200. The Morgan fingerprint density at radius 2 is 1.86 bits per heavy atom. The van der Waals surface area contributed by atoms with Gasteiger partial charge in [0.15, 0.2) is 5.76 Å². The monoisotopic (exact) mass is 426 g/mol. The Hall–Kier alpha value is -3.29. The van der Waals surface area contributed by atoms with E-state index in [2.05, 4.69) is 10.6 Å². The van der Waals surface area contributed by atoms with E-state index in [1.807, 2.05) is 24.3 Å². The summed E-state index contributed by atoms with van der Waals surface area (Å²) in [6.07, 6.45) is 1.42. The smallest absolute Gasteiger partial charge is 0.291 e. The Morgan fingerprint density at radius 3 is 2.59 bits per heavy atom. The molecule has 0 fully saturated rings. The van der Waals surface area contributed by atoms with Crippen molar-refractivity contribution in [3.63, 3.8) is 0 Å². The van der Waals surface area contributed by atoms with Gasteiger partial charge >= 0.3 is 0 Å². The van der Waals surface area contributed by atoms with Crippen molar-refractivity contribution in [3.8, 4) is 5.75 Å². The number of carbonyl (C=O) groups excluding carboxylic acids is 2. The van der Waals surface area contributed by atoms with Gasteiger partial charge in [0.1, 0.15) is 10.6 Å². The number of halogens is 1. The van der Waals surface area contributed by atoms with E-state index in [1.165, 1.54) is 24.7 Å². The summed E-state index contributed by atoms with van der Waals surface area (Å²) in [5.74, 6) is -0.121. The first-order chi connectivity index (χ1) is 14.1. The van der Waals surface area contributed by atoms with E-state index in [4.69, 9.17) is 20.8 Å². The first-order valence-electron chi connectivity index (χ1n) is 8.58. The maximum atomic E-state index is 12.8. The van der Waals surface area contributed by atoms with Crippen LogP contribution in [-0.4, -0.2) is 18.9 Å². The van der Waals surface area contributed by atoms with Gasteiger partial charge in [-0.15, -0.1) is 11.3 Å². The second kappa shape index (κ2) is 7.98. The minimum atomic E-state index is -0.398. The molecule has 2 heterocycles. The fourth-order valence-electron chi connectivity index (χ4n) is 2.82. The fraction of sp³-hybridized carbons (Fsp3) is 0.0476. The number of amides is 2. The van der Waals surface area contributed by atoms with Crippen molar-refractivity contribution >= 4 is 56.2 Å². The highest BCUT2D eigenvalue weighted by Crippen LogP contribution is 2.36. The number of ether oxygens (including phenoxy) is 1. The van der Waals surface area contributed by atoms with Gasteiger partial charge in [0, 0.05) is 15.8 Å². The molecule has 0 bridgehead atoms. The Labute approximate surface area is 175 Å². The van der Waals surface area contributed by atoms with Crippen LogP contribution in [0.2, 0.25) is 5.02 Å². The van der Waals surface area contributed by atoms with Crippen molar-refractivity contribution in [3.05, 3.63) is 76.5 Å². The summed E-state index contributed by atoms with van der Waals surface area (Å²) in [5.41, 5.74) is 0.883. The Morgan fingerprint density at radius 1 is 1.03 bits per heavy atom. The van der Waals surface area contributed by atoms with E-state index in [1.54, 1.807) is 30.3 Å². The molecule has 0 saturated heterocycles. The molecule has 2 N–H and O–H groups in total. The number of methoxy groups -OCH3 is 1. The molecule has 2 amide bonds. The summed E-state index contributed by atoms with van der Waals surface area (Å²) in [5, 5.41) is 6.77. The quantitative estimate of drug-likeness (QED) is 0.431. The summed E-state index contributed by atoms with van der Waals surface area (Å²) in [7, 11) is 1.50. The highest BCUT2D eigenvalue weighted by atomic mass is 35.5. The standard InChI is InChI=1S/C21H15ClN2O4S/c1-27-15-9-8-12(23-20(25)16-6-4-10-28-16)11-14(15)24-21(26)19-18(22)13-5-2-3-7-17(13)29-19/h2-11H,1H3,(H,23,25)(H,24,26). The van der Waals surface area contributed by atoms with Crippen LogP contribution in [0, 0.1) is 0 Å². The highest BCUT2D eigenvalue weighted by molar-refractivity contribution is 7.21. The molecule has 2 aromatic heterocycles. The molecule has 0 spiro atoms. The SMILES string of the molecule is COc1ccc(NC(=O)c2ccco2)cc1NC(=O)c1sc2ccccc2c1Cl. The van der Waals surface area contributed by atoms with Gasteiger partial charge in [-0.2, -0.15) is 0 Å². The van der Waals surface area contributed by atoms with E-state index in [9.17, 15) is 9.59 Å². The topological polar surface area (TPSA) is 80.6 Å². The lowest BCUT2D eigenvalue weighted by molar-refractivity contribution is 0.0995. The average molecular weight is 427 g/mol. The van der Waals surface area contributed by atoms with Gasteiger partial charge < -0.3 is 19.8 Å². The van der Waals surface area contributed by atoms with Crippen LogP contribution in [0.4, 0.5) is 11.4 Å². The molecule has 2 aromatic carbocycles. The first-order valence-corrected chi connectivity index (χ1v) is 9.77. The number of furan rings is 1. The van der Waals surface area contributed by atoms with Crippen LogP contribution >= 0.6 is 22.9 Å². The predicted octanol–water partition coefficient (Wildman–Crippen LogP) is 5.66. The van der Waals surface area contributed by atoms with Gasteiger partial charge in [-0.05, 0) is 36.4 Å². The zero-order chi connectivity index (χ0) is 20.4. The summed E-state index contributed by atoms with van der Waals surface area (Å²) in [6.45, 7) is 0. The molecule has 0 aliphatic rings. The van der Waals surface area contributed by atoms with Crippen LogP contribution in [0.3, 0.4) is 0 Å². The molecular formula is C21H15ClN2O4S. The Kier molecular flexibility index (Phi) is 5.24. The maximum Gasteiger partial charge on any atom is 0.291 e. The number of fused-ring (bicyclic) bond motifs is 1. The molecule has 0 aliphatic heterocycles. The number of nitrogens with one attached hydrogen (secondary N) is 2. The van der Waals surface area contributed by atoms with E-state index < -0.39 is 5.91 Å². The second-order valence-corrected chi connectivity index (χ2v) is 7.47. The van der Waals surface area contributed by atoms with Gasteiger partial charge in [0.2, 0.25) is 0 Å². The number of benzene rings is 2. The lowest BCUT2D eigenvalue weighted by Crippen LogP contribution is -2.14. The van der Waals surface area contributed by atoms with Crippen molar-refractivity contribution in [2.45, 2.75) is 0 Å². The van der Waals surface area contributed by atoms with Crippen molar-refractivity contribution < 1.29 is 18.7 Å². The van der Waals surface area contributed by atoms with Gasteiger partial charge in [-0.1, -0.05) is 29.8 Å². The molecule has 146 valence electrons. The minimum Gasteiger partial charge on any atom is -0.495 e. The van der Waals surface area contributed by atoms with Crippen LogP contribution in [0.15, 0.2) is 65.3 Å². The third kappa shape index (κ3) is 3.83. The van der Waals surface area contributed by atoms with Crippen LogP contribution in [0.5, 0.6) is 5.75 Å². The largest absolute Gasteiger partial charge is 0.495 e. The maximum absolute atomic E-state index is 12.8. The third-order valence-corrected chi connectivity index (χ3v) is 5.87. The molecule has 4 rings (SSSR count). The molecule has 8 heteroatoms. The first kappa shape index (κ1) is 19.0. The van der Waals surface area contributed by atoms with E-state index in [-0.39, 0.29) is 11.7 Å². The fourth-order valence-corrected chi connectivity index (χ4v) is 4.24. The van der Waals surface area contributed by atoms with Gasteiger partial charge in [-0.3, -0.25) is 9.59 Å². The molecule has 0 aliphatic carbocycles. The van der Waals surface area contributed by atoms with Crippen molar-refractivity contribution in [1.29, 1.82) is 0 Å². The molecule has 0 radical (unpaired) electrons. The number of hydrogen-bond donors (Lipinski definition) is 2. The number of rotatable bonds is 5. The van der Waals surface area contributed by atoms with Crippen molar-refractivity contribution in [2.24, 2.45) is 0 Å². The van der Waals surface area contributed by atoms with Gasteiger partial charge in [0.05, 0.1) is 24.1 Å². The normalized spacial score (nSPS) is 10.7. The predicted molar refractivity (Wildman–Crippen MR) is 114 cm³/mol. The van der Waals surface area contributed by atoms with Crippen LogP contribution in [-0.2, 0) is 0 Å². The van der Waals surface area contributed by atoms with Gasteiger partial charge in [-0.25, -0.2) is 0 Å². The zero-order valence-corrected chi connectivity index (χ0v) is 16.8. The van der Waals surface area contributed by atoms with E-state index >= 15 is 0 Å². The highest BCUT2D eigenvalue weighted by Gasteiger charge is 2.19. The average Bonchev–Trinajstić information content (AvgIpc) is 3.37. The second-order valence-electron chi connectivity index (χ2n) is 6.04. The lowest BCUT2D eigenvalue weighted by Gasteiger charge is -2.12. The summed E-state index contributed by atoms with van der Waals surface area (Å²) < 4.78 is 11.3. The molecule has 0 unspecified atom stereocenters. The van der Waals surface area contributed by atoms with Crippen LogP contribution < -0.4 is 15.4 Å². The van der Waals surface area contributed by atoms with Crippen LogP contribution in [0.25, 0.3) is 10.1 Å². The molecule has 29 heavy (non-hydrogen) atoms. The number of thiophene rings is 1. The molecular weight excluding hydrogens is 412 g/mol. The minimum absolute atomic E-state index is 0.184. The van der Waals surface area contributed by atoms with E-state index in [0.717, 1.165) is 10.1 Å². The van der Waals surface area contributed by atoms with E-state index in [0.29, 0.717) is 27.0 Å². The summed E-state index contributed by atoms with van der Waals surface area (Å²) in [6, 6.07) is 15.7. The summed E-state index contributed by atoms with van der Waals surface area (Å²) >= 11 is 7.71. The van der Waals surface area contributed by atoms with Crippen LogP contribution in [0.1, 0.15) is 20.2 Å². The third-order valence-electron chi connectivity index (χ3n) is 4.19. The van der Waals surface area contributed by atoms with Crippen molar-refractivity contribution in [1.82, 2.24) is 0 Å². The lowest BCUT2D eigenvalue weighted by atomic mass is 10.2.